The van der Waals surface area contributed by atoms with Gasteiger partial charge in [0.05, 0.1) is 0 Å². The van der Waals surface area contributed by atoms with E-state index in [4.69, 9.17) is 0 Å². The molecule has 1 heterocycles. The third kappa shape index (κ3) is 3.93. The fourth-order valence-corrected chi connectivity index (χ4v) is 4.92. The monoisotopic (exact) mass is 362 g/mol. The van der Waals surface area contributed by atoms with Crippen LogP contribution in [0.5, 0.6) is 0 Å². The van der Waals surface area contributed by atoms with Crippen LogP contribution in [-0.2, 0) is 0 Å². The number of likely N-dealkylation sites (tertiary alicyclic amines) is 1. The van der Waals surface area contributed by atoms with E-state index in [0.717, 1.165) is 28.9 Å². The van der Waals surface area contributed by atoms with Crippen molar-refractivity contribution in [3.63, 3.8) is 0 Å². The summed E-state index contributed by atoms with van der Waals surface area (Å²) in [6.07, 6.45) is 6.59. The predicted octanol–water partition coefficient (Wildman–Crippen LogP) is 5.37. The van der Waals surface area contributed by atoms with Crippen molar-refractivity contribution in [2.24, 2.45) is 0 Å². The van der Waals surface area contributed by atoms with Gasteiger partial charge in [-0.05, 0) is 87.7 Å². The third-order valence-electron chi connectivity index (χ3n) is 6.51. The van der Waals surface area contributed by atoms with Gasteiger partial charge in [-0.1, -0.05) is 30.3 Å². The second-order valence-corrected chi connectivity index (χ2v) is 8.28. The van der Waals surface area contributed by atoms with Gasteiger partial charge in [0.25, 0.3) is 5.91 Å². The Morgan fingerprint density at radius 3 is 2.52 bits per heavy atom. The Morgan fingerprint density at radius 2 is 1.81 bits per heavy atom. The number of amides is 1. The van der Waals surface area contributed by atoms with E-state index in [2.05, 4.69) is 41.4 Å². The lowest BCUT2D eigenvalue weighted by molar-refractivity contribution is 0.102. The summed E-state index contributed by atoms with van der Waals surface area (Å²) in [5.41, 5.74) is 4.02. The van der Waals surface area contributed by atoms with Crippen molar-refractivity contribution in [2.45, 2.75) is 64.0 Å². The SMILES string of the molecule is Cc1ccccc1C(=O)Nc1ccc(C2CC[C@H](N3CCC[C@@H]3C)C2)cc1. The van der Waals surface area contributed by atoms with Crippen molar-refractivity contribution >= 4 is 11.6 Å². The molecule has 0 spiro atoms. The summed E-state index contributed by atoms with van der Waals surface area (Å²) in [6.45, 7) is 5.63. The molecule has 142 valence electrons. The van der Waals surface area contributed by atoms with E-state index in [1.54, 1.807) is 0 Å². The topological polar surface area (TPSA) is 32.3 Å². The van der Waals surface area contributed by atoms with Crippen LogP contribution in [0.1, 0.15) is 66.4 Å². The highest BCUT2D eigenvalue weighted by atomic mass is 16.1. The molecule has 1 aliphatic carbocycles. The number of hydrogen-bond donors (Lipinski definition) is 1. The molecule has 2 aromatic carbocycles. The molecule has 4 rings (SSSR count). The zero-order valence-corrected chi connectivity index (χ0v) is 16.4. The Kier molecular flexibility index (Phi) is 5.31. The van der Waals surface area contributed by atoms with Crippen molar-refractivity contribution in [2.75, 3.05) is 11.9 Å². The van der Waals surface area contributed by atoms with E-state index in [9.17, 15) is 4.79 Å². The van der Waals surface area contributed by atoms with Gasteiger partial charge < -0.3 is 5.32 Å². The highest BCUT2D eigenvalue weighted by Gasteiger charge is 2.34. The molecular weight excluding hydrogens is 332 g/mol. The second kappa shape index (κ2) is 7.85. The molecule has 1 N–H and O–H groups in total. The van der Waals surface area contributed by atoms with Gasteiger partial charge >= 0.3 is 0 Å². The number of nitrogens with one attached hydrogen (secondary N) is 1. The molecule has 3 atom stereocenters. The van der Waals surface area contributed by atoms with Crippen LogP contribution in [0.15, 0.2) is 48.5 Å². The molecule has 0 radical (unpaired) electrons. The average molecular weight is 363 g/mol. The Bertz CT molecular complexity index is 798. The summed E-state index contributed by atoms with van der Waals surface area (Å²) in [5, 5.41) is 3.03. The quantitative estimate of drug-likeness (QED) is 0.793. The first kappa shape index (κ1) is 18.2. The van der Waals surface area contributed by atoms with Crippen LogP contribution in [-0.4, -0.2) is 29.4 Å². The number of carbonyl (C=O) groups is 1. The van der Waals surface area contributed by atoms with E-state index >= 15 is 0 Å². The van der Waals surface area contributed by atoms with Crippen LogP contribution < -0.4 is 5.32 Å². The van der Waals surface area contributed by atoms with E-state index in [0.29, 0.717) is 5.92 Å². The van der Waals surface area contributed by atoms with Crippen LogP contribution in [0.25, 0.3) is 0 Å². The minimum absolute atomic E-state index is 0.0372. The van der Waals surface area contributed by atoms with Gasteiger partial charge in [0, 0.05) is 23.3 Å². The molecule has 1 amide bonds. The smallest absolute Gasteiger partial charge is 0.255 e. The van der Waals surface area contributed by atoms with Crippen LogP contribution in [0.2, 0.25) is 0 Å². The molecule has 2 aliphatic rings. The van der Waals surface area contributed by atoms with Gasteiger partial charge in [0.15, 0.2) is 0 Å². The van der Waals surface area contributed by atoms with E-state index in [-0.39, 0.29) is 5.91 Å². The summed E-state index contributed by atoms with van der Waals surface area (Å²) in [4.78, 5) is 15.2. The Labute approximate surface area is 162 Å². The minimum Gasteiger partial charge on any atom is -0.322 e. The first-order chi connectivity index (χ1) is 13.1. The summed E-state index contributed by atoms with van der Waals surface area (Å²) in [5.74, 6) is 0.619. The summed E-state index contributed by atoms with van der Waals surface area (Å²) < 4.78 is 0. The standard InChI is InChI=1S/C24H30N2O/c1-17-6-3-4-8-23(17)24(27)25-21-12-9-19(10-13-21)20-11-14-22(16-20)26-15-5-7-18(26)2/h3-4,6,8-10,12-13,18,20,22H,5,7,11,14-16H2,1-2H3,(H,25,27)/t18-,20?,22-/m0/s1. The number of carbonyl (C=O) groups excluding carboxylic acids is 1. The fourth-order valence-electron chi connectivity index (χ4n) is 4.92. The maximum atomic E-state index is 12.5. The largest absolute Gasteiger partial charge is 0.322 e. The van der Waals surface area contributed by atoms with Crippen molar-refractivity contribution in [1.82, 2.24) is 4.90 Å². The fraction of sp³-hybridized carbons (Fsp3) is 0.458. The number of anilines is 1. The third-order valence-corrected chi connectivity index (χ3v) is 6.51. The molecule has 2 fully saturated rings. The normalized spacial score (nSPS) is 25.6. The molecule has 3 nitrogen and oxygen atoms in total. The van der Waals surface area contributed by atoms with Crippen LogP contribution in [0.4, 0.5) is 5.69 Å². The molecule has 1 unspecified atom stereocenters. The lowest BCUT2D eigenvalue weighted by Gasteiger charge is -2.28. The molecule has 27 heavy (non-hydrogen) atoms. The van der Waals surface area contributed by atoms with Gasteiger partial charge in [-0.2, -0.15) is 0 Å². The minimum atomic E-state index is -0.0372. The van der Waals surface area contributed by atoms with E-state index in [1.165, 1.54) is 44.2 Å². The maximum Gasteiger partial charge on any atom is 0.255 e. The number of aryl methyl sites for hydroxylation is 1. The average Bonchev–Trinajstić information content (AvgIpc) is 3.31. The molecule has 1 aliphatic heterocycles. The van der Waals surface area contributed by atoms with Crippen molar-refractivity contribution in [1.29, 1.82) is 0 Å². The first-order valence-electron chi connectivity index (χ1n) is 10.3. The van der Waals surface area contributed by atoms with E-state index in [1.807, 2.05) is 31.2 Å². The van der Waals surface area contributed by atoms with Gasteiger partial charge in [-0.15, -0.1) is 0 Å². The predicted molar refractivity (Wildman–Crippen MR) is 111 cm³/mol. The van der Waals surface area contributed by atoms with Crippen LogP contribution in [0.3, 0.4) is 0 Å². The molecule has 3 heteroatoms. The zero-order valence-electron chi connectivity index (χ0n) is 16.4. The zero-order chi connectivity index (χ0) is 18.8. The van der Waals surface area contributed by atoms with Gasteiger partial charge in [-0.25, -0.2) is 0 Å². The number of hydrogen-bond acceptors (Lipinski definition) is 2. The van der Waals surface area contributed by atoms with Crippen LogP contribution in [0, 0.1) is 6.92 Å². The summed E-state index contributed by atoms with van der Waals surface area (Å²) >= 11 is 0. The number of benzene rings is 2. The van der Waals surface area contributed by atoms with E-state index < -0.39 is 0 Å². The van der Waals surface area contributed by atoms with Crippen molar-refractivity contribution in [3.05, 3.63) is 65.2 Å². The van der Waals surface area contributed by atoms with Crippen molar-refractivity contribution < 1.29 is 4.79 Å². The van der Waals surface area contributed by atoms with Gasteiger partial charge in [0.1, 0.15) is 0 Å². The number of rotatable bonds is 4. The van der Waals surface area contributed by atoms with Crippen LogP contribution >= 0.6 is 0 Å². The molecule has 0 aromatic heterocycles. The highest BCUT2D eigenvalue weighted by Crippen LogP contribution is 2.39. The summed E-state index contributed by atoms with van der Waals surface area (Å²) in [6, 6.07) is 17.7. The molecular formula is C24H30N2O. The Balaban J connectivity index is 1.38. The highest BCUT2D eigenvalue weighted by molar-refractivity contribution is 6.05. The lowest BCUT2D eigenvalue weighted by Crippen LogP contribution is -2.35. The lowest BCUT2D eigenvalue weighted by atomic mass is 9.97. The maximum absolute atomic E-state index is 12.5. The van der Waals surface area contributed by atoms with Gasteiger partial charge in [0.2, 0.25) is 0 Å². The Morgan fingerprint density at radius 1 is 1.04 bits per heavy atom. The Hall–Kier alpha value is -2.13. The summed E-state index contributed by atoms with van der Waals surface area (Å²) in [7, 11) is 0. The molecule has 0 bridgehead atoms. The molecule has 2 aromatic rings. The van der Waals surface area contributed by atoms with Crippen molar-refractivity contribution in [3.8, 4) is 0 Å². The first-order valence-corrected chi connectivity index (χ1v) is 10.3. The molecule has 1 saturated heterocycles. The molecule has 1 saturated carbocycles. The second-order valence-electron chi connectivity index (χ2n) is 8.28. The number of nitrogens with zero attached hydrogens (tertiary/aromatic N) is 1. The van der Waals surface area contributed by atoms with Gasteiger partial charge in [-0.3, -0.25) is 9.69 Å².